The normalized spacial score (nSPS) is 10.2. The Labute approximate surface area is 107 Å². The number of carbonyl (C=O) groups is 1. The first-order chi connectivity index (χ1) is 8.29. The van der Waals surface area contributed by atoms with Crippen LogP contribution in [0.4, 0.5) is 0 Å². The number of hydrogen-bond acceptors (Lipinski definition) is 6. The lowest BCUT2D eigenvalue weighted by atomic mass is 10.4. The molecule has 0 aliphatic heterocycles. The zero-order valence-electron chi connectivity index (χ0n) is 9.12. The molecule has 17 heavy (non-hydrogen) atoms. The van der Waals surface area contributed by atoms with E-state index in [0.717, 1.165) is 9.24 Å². The molecule has 0 aliphatic carbocycles. The second-order valence-corrected chi connectivity index (χ2v) is 5.31. The summed E-state index contributed by atoms with van der Waals surface area (Å²) < 4.78 is 5.59. The highest BCUT2D eigenvalue weighted by Gasteiger charge is 2.14. The van der Waals surface area contributed by atoms with Crippen molar-refractivity contribution in [3.05, 3.63) is 35.3 Å². The van der Waals surface area contributed by atoms with Gasteiger partial charge >= 0.3 is 5.97 Å². The average molecular weight is 266 g/mol. The Hall–Kier alpha value is -1.40. The van der Waals surface area contributed by atoms with E-state index in [9.17, 15) is 4.79 Å². The maximum atomic E-state index is 11.4. The third kappa shape index (κ3) is 3.28. The van der Waals surface area contributed by atoms with Crippen LogP contribution in [0.25, 0.3) is 0 Å². The van der Waals surface area contributed by atoms with E-state index < -0.39 is 5.97 Å². The first kappa shape index (κ1) is 12.1. The van der Waals surface area contributed by atoms with Gasteiger partial charge in [0, 0.05) is 4.90 Å². The Kier molecular flexibility index (Phi) is 4.11. The molecule has 0 bridgehead atoms. The summed E-state index contributed by atoms with van der Waals surface area (Å²) >= 11 is 2.72. The van der Waals surface area contributed by atoms with Gasteiger partial charge in [0.05, 0.1) is 6.61 Å². The van der Waals surface area contributed by atoms with Gasteiger partial charge in [0.2, 0.25) is 5.01 Å². The van der Waals surface area contributed by atoms with Crippen LogP contribution in [0.2, 0.25) is 0 Å². The molecule has 0 N–H and O–H groups in total. The van der Waals surface area contributed by atoms with Crippen molar-refractivity contribution < 1.29 is 9.53 Å². The van der Waals surface area contributed by atoms with Crippen molar-refractivity contribution in [3.63, 3.8) is 0 Å². The van der Waals surface area contributed by atoms with Crippen molar-refractivity contribution in [1.82, 2.24) is 10.2 Å². The molecule has 2 aromatic rings. The van der Waals surface area contributed by atoms with Crippen molar-refractivity contribution in [2.75, 3.05) is 6.61 Å². The monoisotopic (exact) mass is 266 g/mol. The summed E-state index contributed by atoms with van der Waals surface area (Å²) in [6.07, 6.45) is 0. The van der Waals surface area contributed by atoms with E-state index >= 15 is 0 Å². The Balaban J connectivity index is 2.06. The molecule has 1 heterocycles. The Bertz CT molecular complexity index is 499. The predicted octanol–water partition coefficient (Wildman–Crippen LogP) is 2.87. The van der Waals surface area contributed by atoms with Crippen LogP contribution in [0, 0.1) is 0 Å². The van der Waals surface area contributed by atoms with E-state index in [0.29, 0.717) is 11.6 Å². The number of esters is 1. The van der Waals surface area contributed by atoms with Crippen molar-refractivity contribution >= 4 is 29.1 Å². The minimum atomic E-state index is -0.412. The molecule has 0 saturated heterocycles. The summed E-state index contributed by atoms with van der Waals surface area (Å²) in [5, 5.41) is 8.05. The number of nitrogens with zero attached hydrogens (tertiary/aromatic N) is 2. The fourth-order valence-corrected chi connectivity index (χ4v) is 2.86. The highest BCUT2D eigenvalue weighted by atomic mass is 32.2. The number of hydrogen-bond donors (Lipinski definition) is 0. The number of ether oxygens (including phenoxy) is 1. The van der Waals surface area contributed by atoms with Gasteiger partial charge in [0.25, 0.3) is 0 Å². The molecule has 2 rings (SSSR count). The topological polar surface area (TPSA) is 52.1 Å². The fourth-order valence-electron chi connectivity index (χ4n) is 1.12. The predicted molar refractivity (Wildman–Crippen MR) is 66.4 cm³/mol. The van der Waals surface area contributed by atoms with E-state index in [2.05, 4.69) is 10.2 Å². The summed E-state index contributed by atoms with van der Waals surface area (Å²) in [4.78, 5) is 12.5. The molecule has 88 valence electrons. The Morgan fingerprint density at radius 1 is 1.35 bits per heavy atom. The minimum absolute atomic E-state index is 0.297. The zero-order valence-corrected chi connectivity index (χ0v) is 10.8. The number of rotatable bonds is 4. The van der Waals surface area contributed by atoms with Crippen molar-refractivity contribution in [3.8, 4) is 0 Å². The van der Waals surface area contributed by atoms with E-state index in [4.69, 9.17) is 4.74 Å². The SMILES string of the molecule is CCOC(=O)c1nnc(Sc2ccccc2)s1. The van der Waals surface area contributed by atoms with Crippen molar-refractivity contribution in [1.29, 1.82) is 0 Å². The molecule has 0 amide bonds. The lowest BCUT2D eigenvalue weighted by molar-refractivity contribution is 0.0525. The van der Waals surface area contributed by atoms with Crippen LogP contribution >= 0.6 is 23.1 Å². The lowest BCUT2D eigenvalue weighted by Gasteiger charge is -1.95. The summed E-state index contributed by atoms with van der Waals surface area (Å²) in [6, 6.07) is 9.83. The molecule has 1 aromatic carbocycles. The van der Waals surface area contributed by atoms with Gasteiger partial charge in [-0.3, -0.25) is 0 Å². The molecule has 6 heteroatoms. The van der Waals surface area contributed by atoms with Crippen LogP contribution in [0.3, 0.4) is 0 Å². The third-order valence-corrected chi connectivity index (χ3v) is 3.77. The maximum absolute atomic E-state index is 11.4. The van der Waals surface area contributed by atoms with Gasteiger partial charge in [-0.1, -0.05) is 41.3 Å². The molecule has 0 saturated carbocycles. The van der Waals surface area contributed by atoms with Crippen LogP contribution in [-0.4, -0.2) is 22.8 Å². The van der Waals surface area contributed by atoms with Crippen molar-refractivity contribution in [2.45, 2.75) is 16.2 Å². The molecular weight excluding hydrogens is 256 g/mol. The molecule has 0 radical (unpaired) electrons. The van der Waals surface area contributed by atoms with Gasteiger partial charge in [-0.25, -0.2) is 4.79 Å². The Morgan fingerprint density at radius 3 is 2.82 bits per heavy atom. The van der Waals surface area contributed by atoms with Crippen LogP contribution < -0.4 is 0 Å². The molecule has 4 nitrogen and oxygen atoms in total. The Morgan fingerprint density at radius 2 is 2.12 bits per heavy atom. The van der Waals surface area contributed by atoms with Gasteiger partial charge in [0.1, 0.15) is 0 Å². The van der Waals surface area contributed by atoms with Crippen LogP contribution in [0.1, 0.15) is 16.7 Å². The largest absolute Gasteiger partial charge is 0.461 e. The summed E-state index contributed by atoms with van der Waals surface area (Å²) in [5.41, 5.74) is 0. The van der Waals surface area contributed by atoms with Crippen LogP contribution in [0.5, 0.6) is 0 Å². The van der Waals surface area contributed by atoms with Gasteiger partial charge in [-0.05, 0) is 19.1 Å². The van der Waals surface area contributed by atoms with Gasteiger partial charge in [-0.2, -0.15) is 0 Å². The highest BCUT2D eigenvalue weighted by molar-refractivity contribution is 8.01. The molecule has 0 atom stereocenters. The average Bonchev–Trinajstić information content (AvgIpc) is 2.79. The molecule has 0 spiro atoms. The summed E-state index contributed by atoms with van der Waals surface area (Å²) in [5.74, 6) is -0.412. The smallest absolute Gasteiger partial charge is 0.369 e. The van der Waals surface area contributed by atoms with Gasteiger partial charge < -0.3 is 4.74 Å². The number of carbonyl (C=O) groups excluding carboxylic acids is 1. The molecule has 0 fully saturated rings. The van der Waals surface area contributed by atoms with E-state index in [1.54, 1.807) is 6.92 Å². The second kappa shape index (κ2) is 5.79. The molecule has 1 aromatic heterocycles. The number of benzene rings is 1. The van der Waals surface area contributed by atoms with E-state index in [-0.39, 0.29) is 0 Å². The zero-order chi connectivity index (χ0) is 12.1. The first-order valence-corrected chi connectivity index (χ1v) is 6.66. The third-order valence-electron chi connectivity index (χ3n) is 1.80. The van der Waals surface area contributed by atoms with Gasteiger partial charge in [0.15, 0.2) is 4.34 Å². The molecular formula is C11H10N2O2S2. The van der Waals surface area contributed by atoms with E-state index in [1.807, 2.05) is 30.3 Å². The summed E-state index contributed by atoms with van der Waals surface area (Å²) in [7, 11) is 0. The lowest BCUT2D eigenvalue weighted by Crippen LogP contribution is -2.03. The highest BCUT2D eigenvalue weighted by Crippen LogP contribution is 2.29. The quantitative estimate of drug-likeness (QED) is 0.796. The van der Waals surface area contributed by atoms with Crippen LogP contribution in [-0.2, 0) is 4.74 Å². The molecule has 0 aliphatic rings. The van der Waals surface area contributed by atoms with E-state index in [1.165, 1.54) is 23.1 Å². The minimum Gasteiger partial charge on any atom is -0.461 e. The second-order valence-electron chi connectivity index (χ2n) is 3.01. The first-order valence-electron chi connectivity index (χ1n) is 5.03. The fraction of sp³-hybridized carbons (Fsp3) is 0.182. The standard InChI is InChI=1S/C11H10N2O2S2/c1-2-15-10(14)9-12-13-11(17-9)16-8-6-4-3-5-7-8/h3-7H,2H2,1H3. The van der Waals surface area contributed by atoms with Crippen LogP contribution in [0.15, 0.2) is 39.6 Å². The molecule has 0 unspecified atom stereocenters. The maximum Gasteiger partial charge on any atom is 0.369 e. The summed E-state index contributed by atoms with van der Waals surface area (Å²) in [6.45, 7) is 2.11. The van der Waals surface area contributed by atoms with Crippen molar-refractivity contribution in [2.24, 2.45) is 0 Å². The number of aromatic nitrogens is 2. The van der Waals surface area contributed by atoms with Gasteiger partial charge in [-0.15, -0.1) is 10.2 Å².